The van der Waals surface area contributed by atoms with Crippen LogP contribution in [-0.2, 0) is 0 Å². The fourth-order valence-corrected chi connectivity index (χ4v) is 3.33. The zero-order valence-corrected chi connectivity index (χ0v) is 17.5. The number of hydrogen-bond acceptors (Lipinski definition) is 6. The smallest absolute Gasteiger partial charge is 0.203 e. The van der Waals surface area contributed by atoms with Crippen LogP contribution in [0.1, 0.15) is 19.4 Å². The van der Waals surface area contributed by atoms with Crippen LogP contribution in [0.5, 0.6) is 11.5 Å². The molecule has 3 aromatic rings. The van der Waals surface area contributed by atoms with E-state index < -0.39 is 0 Å². The van der Waals surface area contributed by atoms with E-state index in [1.54, 1.807) is 6.21 Å². The van der Waals surface area contributed by atoms with E-state index in [1.165, 1.54) is 11.3 Å². The number of hydrogen-bond donors (Lipinski definition) is 1. The lowest BCUT2D eigenvalue weighted by atomic mass is 10.2. The second kappa shape index (κ2) is 9.53. The van der Waals surface area contributed by atoms with Gasteiger partial charge in [-0.1, -0.05) is 28.1 Å². The molecule has 0 bridgehead atoms. The molecule has 27 heavy (non-hydrogen) atoms. The predicted molar refractivity (Wildman–Crippen MR) is 115 cm³/mol. The summed E-state index contributed by atoms with van der Waals surface area (Å²) >= 11 is 4.95. The maximum Gasteiger partial charge on any atom is 0.203 e. The Morgan fingerprint density at radius 3 is 2.63 bits per heavy atom. The van der Waals surface area contributed by atoms with Gasteiger partial charge in [-0.25, -0.2) is 4.98 Å². The summed E-state index contributed by atoms with van der Waals surface area (Å²) in [5, 5.41) is 7.03. The Bertz CT molecular complexity index is 910. The van der Waals surface area contributed by atoms with Gasteiger partial charge in [0.2, 0.25) is 5.13 Å². The minimum absolute atomic E-state index is 0.576. The van der Waals surface area contributed by atoms with E-state index in [2.05, 4.69) is 31.4 Å². The maximum absolute atomic E-state index is 5.68. The summed E-state index contributed by atoms with van der Waals surface area (Å²) in [6, 6.07) is 13.8. The third-order valence-corrected chi connectivity index (χ3v) is 4.88. The molecular weight excluding hydrogens is 426 g/mol. The summed E-state index contributed by atoms with van der Waals surface area (Å²) in [7, 11) is 0. The average Bonchev–Trinajstić information content (AvgIpc) is 3.13. The van der Waals surface area contributed by atoms with Gasteiger partial charge in [0.25, 0.3) is 0 Å². The molecule has 0 aliphatic rings. The minimum Gasteiger partial charge on any atom is -0.494 e. The SMILES string of the molecule is CCOc1ccc(/C=N/Nc2nc(-c3ccc(Br)cc3)cs2)c(OCC)c1. The van der Waals surface area contributed by atoms with Crippen LogP contribution in [0.2, 0.25) is 0 Å². The largest absolute Gasteiger partial charge is 0.494 e. The topological polar surface area (TPSA) is 55.7 Å². The fraction of sp³-hybridized carbons (Fsp3) is 0.200. The second-order valence-electron chi connectivity index (χ2n) is 5.48. The third kappa shape index (κ3) is 5.30. The van der Waals surface area contributed by atoms with Crippen LogP contribution in [0.15, 0.2) is 57.4 Å². The fourth-order valence-electron chi connectivity index (χ4n) is 2.39. The molecule has 7 heteroatoms. The Morgan fingerprint density at radius 2 is 1.89 bits per heavy atom. The number of nitrogens with zero attached hydrogens (tertiary/aromatic N) is 2. The van der Waals surface area contributed by atoms with Gasteiger partial charge in [0, 0.05) is 27.0 Å². The lowest BCUT2D eigenvalue weighted by Crippen LogP contribution is -1.99. The number of nitrogens with one attached hydrogen (secondary N) is 1. The van der Waals surface area contributed by atoms with Crippen molar-refractivity contribution >= 4 is 38.6 Å². The summed E-state index contributed by atoms with van der Waals surface area (Å²) < 4.78 is 12.3. The van der Waals surface area contributed by atoms with Gasteiger partial charge < -0.3 is 9.47 Å². The van der Waals surface area contributed by atoms with Crippen molar-refractivity contribution in [3.8, 4) is 22.8 Å². The highest BCUT2D eigenvalue weighted by atomic mass is 79.9. The Labute approximate surface area is 171 Å². The van der Waals surface area contributed by atoms with E-state index in [0.29, 0.717) is 13.2 Å². The number of hydrazone groups is 1. The first kappa shape index (κ1) is 19.4. The van der Waals surface area contributed by atoms with E-state index >= 15 is 0 Å². The molecular formula is C20H20BrN3O2S. The summed E-state index contributed by atoms with van der Waals surface area (Å²) in [4.78, 5) is 4.57. The van der Waals surface area contributed by atoms with Gasteiger partial charge >= 0.3 is 0 Å². The van der Waals surface area contributed by atoms with Crippen molar-refractivity contribution in [2.75, 3.05) is 18.6 Å². The summed E-state index contributed by atoms with van der Waals surface area (Å²) in [5.41, 5.74) is 5.84. The molecule has 0 saturated carbocycles. The molecule has 140 valence electrons. The van der Waals surface area contributed by atoms with E-state index in [0.717, 1.165) is 37.9 Å². The monoisotopic (exact) mass is 445 g/mol. The predicted octanol–water partition coefficient (Wildman–Crippen LogP) is 5.82. The van der Waals surface area contributed by atoms with E-state index in [9.17, 15) is 0 Å². The number of ether oxygens (including phenoxy) is 2. The highest BCUT2D eigenvalue weighted by Gasteiger charge is 2.06. The quantitative estimate of drug-likeness (QED) is 0.350. The van der Waals surface area contributed by atoms with Crippen molar-refractivity contribution in [3.63, 3.8) is 0 Å². The lowest BCUT2D eigenvalue weighted by Gasteiger charge is -2.09. The molecule has 2 aromatic carbocycles. The number of aromatic nitrogens is 1. The molecule has 5 nitrogen and oxygen atoms in total. The molecule has 0 saturated heterocycles. The van der Waals surface area contributed by atoms with Gasteiger partial charge in [0.1, 0.15) is 11.5 Å². The normalized spacial score (nSPS) is 10.9. The summed E-state index contributed by atoms with van der Waals surface area (Å²) in [6.45, 7) is 5.10. The molecule has 0 unspecified atom stereocenters. The van der Waals surface area contributed by atoms with Gasteiger partial charge in [-0.05, 0) is 38.1 Å². The van der Waals surface area contributed by atoms with Crippen molar-refractivity contribution < 1.29 is 9.47 Å². The summed E-state index contributed by atoms with van der Waals surface area (Å²) in [5.74, 6) is 1.52. The van der Waals surface area contributed by atoms with Crippen LogP contribution < -0.4 is 14.9 Å². The van der Waals surface area contributed by atoms with Gasteiger partial charge in [-0.2, -0.15) is 5.10 Å². The molecule has 0 fully saturated rings. The number of anilines is 1. The lowest BCUT2D eigenvalue weighted by molar-refractivity contribution is 0.323. The first-order valence-corrected chi connectivity index (χ1v) is 10.3. The van der Waals surface area contributed by atoms with E-state index in [-0.39, 0.29) is 0 Å². The Kier molecular flexibility index (Phi) is 6.84. The van der Waals surface area contributed by atoms with E-state index in [4.69, 9.17) is 9.47 Å². The van der Waals surface area contributed by atoms with Gasteiger partial charge in [0.15, 0.2) is 0 Å². The van der Waals surface area contributed by atoms with Crippen molar-refractivity contribution in [2.24, 2.45) is 5.10 Å². The van der Waals surface area contributed by atoms with Crippen molar-refractivity contribution in [1.82, 2.24) is 4.98 Å². The molecule has 3 rings (SSSR count). The Hall–Kier alpha value is -2.38. The van der Waals surface area contributed by atoms with Crippen molar-refractivity contribution in [3.05, 3.63) is 57.9 Å². The van der Waals surface area contributed by atoms with Crippen LogP contribution in [0.4, 0.5) is 5.13 Å². The Morgan fingerprint density at radius 1 is 1.11 bits per heavy atom. The molecule has 0 aliphatic heterocycles. The van der Waals surface area contributed by atoms with Gasteiger partial charge in [0.05, 0.1) is 25.1 Å². The molecule has 1 N–H and O–H groups in total. The standard InChI is InChI=1S/C20H20BrN3O2S/c1-3-25-17-10-7-15(19(11-17)26-4-2)12-22-24-20-23-18(13-27-20)14-5-8-16(21)9-6-14/h5-13H,3-4H2,1-2H3,(H,23,24)/b22-12+. The van der Waals surface area contributed by atoms with Crippen LogP contribution in [0, 0.1) is 0 Å². The molecule has 0 radical (unpaired) electrons. The zero-order valence-electron chi connectivity index (χ0n) is 15.1. The highest BCUT2D eigenvalue weighted by molar-refractivity contribution is 9.10. The first-order valence-electron chi connectivity index (χ1n) is 8.59. The molecule has 1 heterocycles. The van der Waals surface area contributed by atoms with Crippen molar-refractivity contribution in [2.45, 2.75) is 13.8 Å². The van der Waals surface area contributed by atoms with Crippen LogP contribution in [-0.4, -0.2) is 24.4 Å². The molecule has 0 aliphatic carbocycles. The maximum atomic E-state index is 5.68. The van der Waals surface area contributed by atoms with E-state index in [1.807, 2.05) is 61.7 Å². The van der Waals surface area contributed by atoms with Gasteiger partial charge in [-0.3, -0.25) is 5.43 Å². The molecule has 0 amide bonds. The third-order valence-electron chi connectivity index (χ3n) is 3.60. The summed E-state index contributed by atoms with van der Waals surface area (Å²) in [6.07, 6.45) is 1.72. The average molecular weight is 446 g/mol. The molecule has 1 aromatic heterocycles. The Balaban J connectivity index is 1.69. The zero-order chi connectivity index (χ0) is 19.1. The molecule has 0 atom stereocenters. The highest BCUT2D eigenvalue weighted by Crippen LogP contribution is 2.27. The first-order chi connectivity index (χ1) is 13.2. The van der Waals surface area contributed by atoms with Crippen LogP contribution in [0.3, 0.4) is 0 Å². The van der Waals surface area contributed by atoms with Crippen LogP contribution in [0.25, 0.3) is 11.3 Å². The van der Waals surface area contributed by atoms with Gasteiger partial charge in [-0.15, -0.1) is 11.3 Å². The number of rotatable bonds is 8. The number of benzene rings is 2. The molecule has 0 spiro atoms. The van der Waals surface area contributed by atoms with Crippen molar-refractivity contribution in [1.29, 1.82) is 0 Å². The minimum atomic E-state index is 0.576. The van der Waals surface area contributed by atoms with Crippen LogP contribution >= 0.6 is 27.3 Å². The number of halogens is 1. The second-order valence-corrected chi connectivity index (χ2v) is 7.25. The number of thiazole rings is 1.